The molecule has 0 bridgehead atoms. The maximum absolute atomic E-state index is 12.2. The molecule has 2 heterocycles. The number of aromatic amines is 1. The first-order valence-corrected chi connectivity index (χ1v) is 9.08. The van der Waals surface area contributed by atoms with E-state index in [1.165, 1.54) is 18.0 Å². The molecule has 3 rings (SSSR count). The zero-order valence-electron chi connectivity index (χ0n) is 14.4. The Kier molecular flexibility index (Phi) is 5.74. The smallest absolute Gasteiger partial charge is 0.338 e. The number of nitriles is 1. The number of carbonyl (C=O) groups is 1. The van der Waals surface area contributed by atoms with Crippen molar-refractivity contribution in [3.63, 3.8) is 0 Å². The molecule has 8 heteroatoms. The molecule has 0 aliphatic carbocycles. The molecule has 1 N–H and O–H groups in total. The van der Waals surface area contributed by atoms with Gasteiger partial charge in [-0.15, -0.1) is 0 Å². The van der Waals surface area contributed by atoms with Crippen molar-refractivity contribution in [3.8, 4) is 17.5 Å². The third kappa shape index (κ3) is 4.27. The van der Waals surface area contributed by atoms with Crippen LogP contribution in [0.1, 0.15) is 28.4 Å². The van der Waals surface area contributed by atoms with Crippen molar-refractivity contribution in [2.24, 2.45) is 0 Å². The van der Waals surface area contributed by atoms with Crippen LogP contribution in [0.25, 0.3) is 11.5 Å². The van der Waals surface area contributed by atoms with E-state index in [4.69, 9.17) is 9.15 Å². The summed E-state index contributed by atoms with van der Waals surface area (Å²) in [5, 5.41) is 9.58. The van der Waals surface area contributed by atoms with Gasteiger partial charge in [-0.1, -0.05) is 23.9 Å². The maximum atomic E-state index is 12.2. The number of benzene rings is 1. The number of H-pyrrole nitrogens is 1. The summed E-state index contributed by atoms with van der Waals surface area (Å²) in [5.74, 6) is 0.520. The van der Waals surface area contributed by atoms with Gasteiger partial charge < -0.3 is 14.1 Å². The summed E-state index contributed by atoms with van der Waals surface area (Å²) in [6, 6.07) is 12.2. The predicted molar refractivity (Wildman–Crippen MR) is 99.2 cm³/mol. The minimum absolute atomic E-state index is 0.0897. The third-order valence-electron chi connectivity index (χ3n) is 3.60. The normalized spacial score (nSPS) is 10.4. The lowest BCUT2D eigenvalue weighted by Gasteiger charge is -2.06. The van der Waals surface area contributed by atoms with Gasteiger partial charge >= 0.3 is 5.97 Å². The van der Waals surface area contributed by atoms with E-state index in [0.717, 1.165) is 5.56 Å². The predicted octanol–water partition coefficient (Wildman–Crippen LogP) is 3.37. The van der Waals surface area contributed by atoms with Crippen molar-refractivity contribution in [1.29, 1.82) is 5.26 Å². The Labute approximate surface area is 159 Å². The van der Waals surface area contributed by atoms with E-state index in [1.54, 1.807) is 31.2 Å². The van der Waals surface area contributed by atoms with Gasteiger partial charge in [-0.3, -0.25) is 4.79 Å². The van der Waals surface area contributed by atoms with Crippen LogP contribution in [0, 0.1) is 11.3 Å². The van der Waals surface area contributed by atoms with Crippen LogP contribution in [0.5, 0.6) is 0 Å². The number of hydrogen-bond donors (Lipinski definition) is 1. The Bertz CT molecular complexity index is 1030. The zero-order valence-corrected chi connectivity index (χ0v) is 15.2. The first-order chi connectivity index (χ1) is 13.1. The van der Waals surface area contributed by atoms with E-state index in [9.17, 15) is 14.9 Å². The van der Waals surface area contributed by atoms with E-state index in [2.05, 4.69) is 9.97 Å². The Morgan fingerprint density at radius 2 is 2.11 bits per heavy atom. The van der Waals surface area contributed by atoms with E-state index in [0.29, 0.717) is 28.8 Å². The Morgan fingerprint density at radius 3 is 2.74 bits per heavy atom. The van der Waals surface area contributed by atoms with Crippen molar-refractivity contribution in [2.45, 2.75) is 17.8 Å². The Balaban J connectivity index is 1.78. The summed E-state index contributed by atoms with van der Waals surface area (Å²) in [4.78, 5) is 30.8. The highest BCUT2D eigenvalue weighted by Crippen LogP contribution is 2.24. The number of furan rings is 1. The van der Waals surface area contributed by atoms with E-state index in [1.807, 2.05) is 18.2 Å². The zero-order chi connectivity index (χ0) is 19.2. The first kappa shape index (κ1) is 18.5. The highest BCUT2D eigenvalue weighted by molar-refractivity contribution is 7.98. The lowest BCUT2D eigenvalue weighted by atomic mass is 10.1. The molecule has 27 heavy (non-hydrogen) atoms. The molecule has 0 amide bonds. The molecule has 7 nitrogen and oxygen atoms in total. The van der Waals surface area contributed by atoms with E-state index in [-0.39, 0.29) is 17.2 Å². The van der Waals surface area contributed by atoms with Gasteiger partial charge in [0.05, 0.1) is 18.4 Å². The Morgan fingerprint density at radius 1 is 1.33 bits per heavy atom. The number of rotatable bonds is 6. The van der Waals surface area contributed by atoms with Crippen LogP contribution in [-0.2, 0) is 10.5 Å². The van der Waals surface area contributed by atoms with Gasteiger partial charge in [0.15, 0.2) is 10.9 Å². The fourth-order valence-electron chi connectivity index (χ4n) is 2.32. The van der Waals surface area contributed by atoms with Crippen LogP contribution in [0.3, 0.4) is 0 Å². The van der Waals surface area contributed by atoms with E-state index >= 15 is 0 Å². The molecule has 0 unspecified atom stereocenters. The summed E-state index contributed by atoms with van der Waals surface area (Å²) >= 11 is 1.31. The number of hydrogen-bond acceptors (Lipinski definition) is 7. The summed E-state index contributed by atoms with van der Waals surface area (Å²) < 4.78 is 10.2. The molecule has 3 aromatic rings. The molecule has 0 saturated carbocycles. The van der Waals surface area contributed by atoms with Crippen molar-refractivity contribution in [1.82, 2.24) is 9.97 Å². The lowest BCUT2D eigenvalue weighted by Crippen LogP contribution is -2.14. The summed E-state index contributed by atoms with van der Waals surface area (Å²) in [5.41, 5.74) is 1.04. The quantitative estimate of drug-likeness (QED) is 0.396. The second-order valence-electron chi connectivity index (χ2n) is 5.39. The first-order valence-electron chi connectivity index (χ1n) is 8.09. The highest BCUT2D eigenvalue weighted by Gasteiger charge is 2.15. The van der Waals surface area contributed by atoms with Gasteiger partial charge in [-0.25, -0.2) is 9.78 Å². The molecule has 0 saturated heterocycles. The fourth-order valence-corrected chi connectivity index (χ4v) is 3.14. The summed E-state index contributed by atoms with van der Waals surface area (Å²) in [6.07, 6.45) is 1.46. The second kappa shape index (κ2) is 8.38. The SMILES string of the molecule is CCOC(=O)c1ccc(CSc2nc(-c3ccco3)c(C#N)c(=O)[nH]2)cc1. The molecule has 136 valence electrons. The average molecular weight is 381 g/mol. The van der Waals surface area contributed by atoms with Gasteiger partial charge in [0.1, 0.15) is 17.3 Å². The van der Waals surface area contributed by atoms with Gasteiger partial charge in [0.2, 0.25) is 0 Å². The maximum Gasteiger partial charge on any atom is 0.338 e. The molecule has 1 aromatic carbocycles. The second-order valence-corrected chi connectivity index (χ2v) is 6.35. The summed E-state index contributed by atoms with van der Waals surface area (Å²) in [6.45, 7) is 2.08. The number of nitrogens with zero attached hydrogens (tertiary/aromatic N) is 2. The molecular weight excluding hydrogens is 366 g/mol. The standard InChI is InChI=1S/C19H15N3O4S/c1-2-25-18(24)13-7-5-12(6-8-13)11-27-19-21-16(15-4-3-9-26-15)14(10-20)17(23)22-19/h3-9H,2,11H2,1H3,(H,21,22,23). The van der Waals surface area contributed by atoms with Crippen molar-refractivity contribution >= 4 is 17.7 Å². The van der Waals surface area contributed by atoms with Crippen LogP contribution in [-0.4, -0.2) is 22.5 Å². The highest BCUT2D eigenvalue weighted by atomic mass is 32.2. The van der Waals surface area contributed by atoms with Crippen molar-refractivity contribution < 1.29 is 13.9 Å². The van der Waals surface area contributed by atoms with Crippen molar-refractivity contribution in [2.75, 3.05) is 6.61 Å². The minimum Gasteiger partial charge on any atom is -0.463 e. The third-order valence-corrected chi connectivity index (χ3v) is 4.55. The monoisotopic (exact) mass is 381 g/mol. The fraction of sp³-hybridized carbons (Fsp3) is 0.158. The molecule has 0 radical (unpaired) electrons. The van der Waals surface area contributed by atoms with Gasteiger partial charge in [-0.2, -0.15) is 5.26 Å². The molecule has 0 atom stereocenters. The number of thioether (sulfide) groups is 1. The number of nitrogens with one attached hydrogen (secondary N) is 1. The number of esters is 1. The van der Waals surface area contributed by atoms with Gasteiger partial charge in [0.25, 0.3) is 5.56 Å². The van der Waals surface area contributed by atoms with Crippen LogP contribution < -0.4 is 5.56 Å². The Hall–Kier alpha value is -3.31. The number of ether oxygens (including phenoxy) is 1. The molecule has 0 aliphatic heterocycles. The van der Waals surface area contributed by atoms with Crippen LogP contribution in [0.2, 0.25) is 0 Å². The van der Waals surface area contributed by atoms with Gasteiger partial charge in [0, 0.05) is 5.75 Å². The van der Waals surface area contributed by atoms with Gasteiger partial charge in [-0.05, 0) is 36.8 Å². The topological polar surface area (TPSA) is 109 Å². The lowest BCUT2D eigenvalue weighted by molar-refractivity contribution is 0.0526. The van der Waals surface area contributed by atoms with Crippen LogP contribution >= 0.6 is 11.8 Å². The minimum atomic E-state index is -0.515. The summed E-state index contributed by atoms with van der Waals surface area (Å²) in [7, 11) is 0. The number of aromatic nitrogens is 2. The largest absolute Gasteiger partial charge is 0.463 e. The van der Waals surface area contributed by atoms with Crippen LogP contribution in [0.15, 0.2) is 57.0 Å². The molecule has 0 aliphatic rings. The molecule has 0 fully saturated rings. The van der Waals surface area contributed by atoms with E-state index < -0.39 is 5.56 Å². The average Bonchev–Trinajstić information content (AvgIpc) is 3.21. The molecular formula is C19H15N3O4S. The van der Waals surface area contributed by atoms with Crippen molar-refractivity contribution in [3.05, 3.63) is 69.7 Å². The molecule has 0 spiro atoms. The number of carbonyl (C=O) groups excluding carboxylic acids is 1. The molecule has 2 aromatic heterocycles. The van der Waals surface area contributed by atoms with Crippen LogP contribution in [0.4, 0.5) is 0 Å².